The summed E-state index contributed by atoms with van der Waals surface area (Å²) < 4.78 is 5.53. The molecule has 3 aromatic carbocycles. The number of esters is 1. The lowest BCUT2D eigenvalue weighted by Gasteiger charge is -2.18. The van der Waals surface area contributed by atoms with Crippen molar-refractivity contribution in [1.29, 1.82) is 0 Å². The summed E-state index contributed by atoms with van der Waals surface area (Å²) in [5.74, 6) is 0.612. The van der Waals surface area contributed by atoms with E-state index in [1.807, 2.05) is 35.7 Å². The molecule has 0 unspecified atom stereocenters. The summed E-state index contributed by atoms with van der Waals surface area (Å²) >= 11 is 3.77. The van der Waals surface area contributed by atoms with Gasteiger partial charge in [-0.2, -0.15) is 0 Å². The molecule has 1 amide bonds. The summed E-state index contributed by atoms with van der Waals surface area (Å²) in [5.41, 5.74) is 3.12. The van der Waals surface area contributed by atoms with Crippen LogP contribution in [-0.4, -0.2) is 41.6 Å². The number of anilines is 1. The Balaban J connectivity index is 1.21. The Morgan fingerprint density at radius 2 is 1.44 bits per heavy atom. The van der Waals surface area contributed by atoms with E-state index in [4.69, 9.17) is 4.74 Å². The zero-order valence-corrected chi connectivity index (χ0v) is 19.5. The lowest BCUT2D eigenvalue weighted by atomic mass is 9.84. The second-order valence-electron chi connectivity index (χ2n) is 7.78. The highest BCUT2D eigenvalue weighted by atomic mass is 32.2. The molecule has 1 N–H and O–H groups in total. The third kappa shape index (κ3) is 4.38. The maximum absolute atomic E-state index is 12.8. The highest BCUT2D eigenvalue weighted by molar-refractivity contribution is 8.19. The number of benzene rings is 3. The molecule has 8 heteroatoms. The number of thioether (sulfide) groups is 2. The quantitative estimate of drug-likeness (QED) is 0.405. The summed E-state index contributed by atoms with van der Waals surface area (Å²) in [6.07, 6.45) is 0. The van der Waals surface area contributed by atoms with E-state index in [1.54, 1.807) is 42.5 Å². The van der Waals surface area contributed by atoms with Gasteiger partial charge >= 0.3 is 5.97 Å². The third-order valence-corrected chi connectivity index (χ3v) is 8.69. The molecular weight excluding hydrogens is 470 g/mol. The Morgan fingerprint density at radius 3 is 2.12 bits per heavy atom. The molecule has 3 aromatic rings. The van der Waals surface area contributed by atoms with Crippen LogP contribution in [0.2, 0.25) is 0 Å². The van der Waals surface area contributed by atoms with Crippen LogP contribution in [0.1, 0.15) is 52.3 Å². The molecule has 6 nitrogen and oxygen atoms in total. The molecule has 0 spiro atoms. The molecule has 0 bridgehead atoms. The number of hydrogen-bond acceptors (Lipinski definition) is 7. The summed E-state index contributed by atoms with van der Waals surface area (Å²) in [4.78, 5) is 50.2. The predicted octanol–water partition coefficient (Wildman–Crippen LogP) is 4.74. The largest absolute Gasteiger partial charge is 0.452 e. The molecule has 1 heterocycles. The van der Waals surface area contributed by atoms with E-state index >= 15 is 0 Å². The molecule has 1 aliphatic carbocycles. The average molecular weight is 490 g/mol. The van der Waals surface area contributed by atoms with Gasteiger partial charge in [-0.3, -0.25) is 14.4 Å². The highest BCUT2D eigenvalue weighted by Gasteiger charge is 2.29. The monoisotopic (exact) mass is 489 g/mol. The van der Waals surface area contributed by atoms with Crippen LogP contribution in [0, 0.1) is 0 Å². The first-order valence-corrected chi connectivity index (χ1v) is 12.7. The Kier molecular flexibility index (Phi) is 6.26. The molecule has 1 saturated heterocycles. The molecular formula is C26H19NO5S2. The summed E-state index contributed by atoms with van der Waals surface area (Å²) in [6.45, 7) is -0.471. The lowest BCUT2D eigenvalue weighted by molar-refractivity contribution is -0.119. The van der Waals surface area contributed by atoms with Crippen molar-refractivity contribution in [1.82, 2.24) is 0 Å². The van der Waals surface area contributed by atoms with Gasteiger partial charge in [0.1, 0.15) is 0 Å². The van der Waals surface area contributed by atoms with Crippen LogP contribution in [0.3, 0.4) is 0 Å². The predicted molar refractivity (Wildman–Crippen MR) is 133 cm³/mol. The van der Waals surface area contributed by atoms with Crippen molar-refractivity contribution in [3.05, 3.63) is 100 Å². The number of carbonyl (C=O) groups excluding carboxylic acids is 4. The van der Waals surface area contributed by atoms with Gasteiger partial charge in [-0.15, -0.1) is 23.5 Å². The zero-order valence-electron chi connectivity index (χ0n) is 17.9. The van der Waals surface area contributed by atoms with E-state index in [9.17, 15) is 19.2 Å². The summed E-state index contributed by atoms with van der Waals surface area (Å²) in [6, 6.07) is 18.4. The van der Waals surface area contributed by atoms with Gasteiger partial charge in [0.05, 0.1) is 10.1 Å². The fraction of sp³-hybridized carbons (Fsp3) is 0.154. The molecule has 5 rings (SSSR count). The minimum absolute atomic E-state index is 0.229. The van der Waals surface area contributed by atoms with Crippen LogP contribution in [0.5, 0.6) is 0 Å². The van der Waals surface area contributed by atoms with Crippen molar-refractivity contribution in [3.8, 4) is 0 Å². The number of fused-ring (bicyclic) bond motifs is 2. The molecule has 1 fully saturated rings. The fourth-order valence-electron chi connectivity index (χ4n) is 3.92. The molecule has 170 valence electrons. The van der Waals surface area contributed by atoms with Gasteiger partial charge in [-0.25, -0.2) is 4.79 Å². The van der Waals surface area contributed by atoms with Crippen LogP contribution in [-0.2, 0) is 9.53 Å². The van der Waals surface area contributed by atoms with Crippen molar-refractivity contribution in [2.45, 2.75) is 4.58 Å². The second-order valence-corrected chi connectivity index (χ2v) is 10.5. The van der Waals surface area contributed by atoms with Crippen LogP contribution >= 0.6 is 23.5 Å². The van der Waals surface area contributed by atoms with E-state index in [0.717, 1.165) is 17.1 Å². The normalized spacial score (nSPS) is 14.9. The van der Waals surface area contributed by atoms with Gasteiger partial charge in [0.25, 0.3) is 5.91 Å². The van der Waals surface area contributed by atoms with Crippen LogP contribution in [0.25, 0.3) is 0 Å². The van der Waals surface area contributed by atoms with Crippen molar-refractivity contribution < 1.29 is 23.9 Å². The highest BCUT2D eigenvalue weighted by Crippen LogP contribution is 2.45. The first-order chi connectivity index (χ1) is 16.5. The SMILES string of the molecule is O=C(COC(=O)c1ccc(C2SCCS2)cc1)Nc1ccc2c(c1)C(=O)c1ccccc1C2=O. The maximum Gasteiger partial charge on any atom is 0.338 e. The number of nitrogens with one attached hydrogen (secondary N) is 1. The van der Waals surface area contributed by atoms with Crippen molar-refractivity contribution in [3.63, 3.8) is 0 Å². The fourth-order valence-corrected chi connectivity index (χ4v) is 6.78. The van der Waals surface area contributed by atoms with Gasteiger partial charge in [-0.1, -0.05) is 36.4 Å². The molecule has 1 aliphatic heterocycles. The minimum atomic E-state index is -0.587. The van der Waals surface area contributed by atoms with Crippen LogP contribution in [0.4, 0.5) is 5.69 Å². The molecule has 0 atom stereocenters. The first kappa shape index (κ1) is 22.4. The molecule has 0 radical (unpaired) electrons. The van der Waals surface area contributed by atoms with Gasteiger partial charge in [0.15, 0.2) is 18.2 Å². The van der Waals surface area contributed by atoms with Gasteiger partial charge < -0.3 is 10.1 Å². The smallest absolute Gasteiger partial charge is 0.338 e. The minimum Gasteiger partial charge on any atom is -0.452 e. The Hall–Kier alpha value is -3.36. The van der Waals surface area contributed by atoms with Crippen molar-refractivity contribution in [2.75, 3.05) is 23.4 Å². The van der Waals surface area contributed by atoms with Crippen molar-refractivity contribution in [2.24, 2.45) is 0 Å². The summed E-state index contributed by atoms with van der Waals surface area (Å²) in [5, 5.41) is 2.62. The molecule has 2 aliphatic rings. The van der Waals surface area contributed by atoms with Crippen molar-refractivity contribution >= 4 is 52.7 Å². The van der Waals surface area contributed by atoms with Crippen LogP contribution in [0.15, 0.2) is 66.7 Å². The van der Waals surface area contributed by atoms with Gasteiger partial charge in [0.2, 0.25) is 0 Å². The number of ketones is 2. The zero-order chi connectivity index (χ0) is 23.7. The Morgan fingerprint density at radius 1 is 0.824 bits per heavy atom. The Bertz CT molecular complexity index is 1310. The molecule has 34 heavy (non-hydrogen) atoms. The second kappa shape index (κ2) is 9.48. The number of amides is 1. The van der Waals surface area contributed by atoms with Gasteiger partial charge in [0, 0.05) is 39.4 Å². The van der Waals surface area contributed by atoms with E-state index in [1.165, 1.54) is 12.1 Å². The number of rotatable bonds is 5. The lowest BCUT2D eigenvalue weighted by Crippen LogP contribution is -2.23. The number of carbonyl (C=O) groups is 4. The summed E-state index contributed by atoms with van der Waals surface area (Å²) in [7, 11) is 0. The molecule has 0 aromatic heterocycles. The van der Waals surface area contributed by atoms with E-state index in [0.29, 0.717) is 32.5 Å². The van der Waals surface area contributed by atoms with Crippen LogP contribution < -0.4 is 5.32 Å². The maximum atomic E-state index is 12.8. The average Bonchev–Trinajstić information content (AvgIpc) is 3.41. The molecule has 0 saturated carbocycles. The van der Waals surface area contributed by atoms with E-state index in [2.05, 4.69) is 5.32 Å². The first-order valence-electron chi connectivity index (χ1n) is 10.6. The third-order valence-electron chi connectivity index (χ3n) is 5.58. The van der Waals surface area contributed by atoms with E-state index < -0.39 is 18.5 Å². The number of hydrogen-bond donors (Lipinski definition) is 1. The standard InChI is InChI=1S/C26H19NO5S2/c28-22(14-32-25(31)15-5-7-16(8-6-15)26-33-11-12-34-26)27-17-9-10-20-21(13-17)24(30)19-4-2-1-3-18(19)23(20)29/h1-10,13,26H,11-12,14H2,(H,27,28). The number of ether oxygens (including phenoxy) is 1. The Labute approximate surface area is 204 Å². The van der Waals surface area contributed by atoms with Gasteiger partial charge in [-0.05, 0) is 35.9 Å². The van der Waals surface area contributed by atoms with E-state index in [-0.39, 0.29) is 17.1 Å². The topological polar surface area (TPSA) is 89.5 Å².